The Morgan fingerprint density at radius 2 is 1.39 bits per heavy atom. The van der Waals surface area contributed by atoms with Crippen LogP contribution < -0.4 is 5.32 Å². The molecule has 0 saturated heterocycles. The van der Waals surface area contributed by atoms with Gasteiger partial charge in [0, 0.05) is 12.2 Å². The summed E-state index contributed by atoms with van der Waals surface area (Å²) < 4.78 is 0. The van der Waals surface area contributed by atoms with Crippen molar-refractivity contribution < 1.29 is 0 Å². The Morgan fingerprint density at radius 1 is 0.857 bits per heavy atom. The minimum Gasteiger partial charge on any atom is -0.389 e. The summed E-state index contributed by atoms with van der Waals surface area (Å²) in [5, 5.41) is 3.40. The van der Waals surface area contributed by atoms with E-state index in [2.05, 4.69) is 80.3 Å². The van der Waals surface area contributed by atoms with Gasteiger partial charge < -0.3 is 5.32 Å². The van der Waals surface area contributed by atoms with Crippen molar-refractivity contribution in [2.24, 2.45) is 11.8 Å². The molecule has 1 N–H and O–H groups in total. The molecule has 1 heteroatoms. The van der Waals surface area contributed by atoms with Gasteiger partial charge in [0.25, 0.3) is 0 Å². The van der Waals surface area contributed by atoms with Gasteiger partial charge in [-0.05, 0) is 57.8 Å². The molecule has 0 aromatic rings. The second-order valence-corrected chi connectivity index (χ2v) is 8.47. The lowest BCUT2D eigenvalue weighted by molar-refractivity contribution is 0.505. The zero-order chi connectivity index (χ0) is 22.2. The van der Waals surface area contributed by atoms with E-state index >= 15 is 0 Å². The maximum Gasteiger partial charge on any atom is 0.0115 e. The van der Waals surface area contributed by atoms with Crippen LogP contribution in [0.1, 0.15) is 133 Å². The van der Waals surface area contributed by atoms with Crippen molar-refractivity contribution in [2.75, 3.05) is 6.54 Å². The lowest BCUT2D eigenvalue weighted by Gasteiger charge is -2.14. The van der Waals surface area contributed by atoms with Crippen molar-refractivity contribution in [2.45, 2.75) is 133 Å². The van der Waals surface area contributed by atoms with Crippen molar-refractivity contribution >= 4 is 0 Å². The van der Waals surface area contributed by atoms with E-state index in [0.29, 0.717) is 0 Å². The van der Waals surface area contributed by atoms with Crippen molar-refractivity contribution in [3.63, 3.8) is 0 Å². The average Bonchev–Trinajstić information content (AvgIpc) is 2.64. The fraction of sp³-hybridized carbons (Fsp3) is 0.852. The molecule has 0 aromatic heterocycles. The molecule has 0 aromatic carbocycles. The van der Waals surface area contributed by atoms with Gasteiger partial charge in [-0.3, -0.25) is 0 Å². The van der Waals surface area contributed by atoms with E-state index in [1.54, 1.807) is 0 Å². The molecule has 0 amide bonds. The third kappa shape index (κ3) is 27.5. The minimum absolute atomic E-state index is 0.787. The highest BCUT2D eigenvalue weighted by Gasteiger charge is 2.05. The molecule has 0 radical (unpaired) electrons. The molecule has 0 aliphatic heterocycles. The van der Waals surface area contributed by atoms with E-state index in [1.165, 1.54) is 75.5 Å². The molecule has 0 aliphatic carbocycles. The van der Waals surface area contributed by atoms with Crippen LogP contribution in [0.4, 0.5) is 0 Å². The van der Waals surface area contributed by atoms with Gasteiger partial charge >= 0.3 is 0 Å². The molecule has 0 fully saturated rings. The first kappa shape index (κ1) is 32.0. The number of hydrogen-bond donors (Lipinski definition) is 1. The van der Waals surface area contributed by atoms with E-state index < -0.39 is 0 Å². The van der Waals surface area contributed by atoms with E-state index in [4.69, 9.17) is 0 Å². The lowest BCUT2D eigenvalue weighted by Crippen LogP contribution is -2.11. The molecular weight excluding hydrogens is 338 g/mol. The molecule has 0 atom stereocenters. The Labute approximate surface area is 180 Å². The molecule has 0 rings (SSSR count). The van der Waals surface area contributed by atoms with E-state index in [-0.39, 0.29) is 0 Å². The van der Waals surface area contributed by atoms with Gasteiger partial charge in [-0.2, -0.15) is 0 Å². The Bertz CT molecular complexity index is 321. The zero-order valence-electron chi connectivity index (χ0n) is 21.4. The Balaban J connectivity index is -0.000000414. The first-order valence-corrected chi connectivity index (χ1v) is 12.4. The highest BCUT2D eigenvalue weighted by molar-refractivity contribution is 4.98. The first-order valence-electron chi connectivity index (χ1n) is 12.4. The van der Waals surface area contributed by atoms with Crippen LogP contribution in [0.5, 0.6) is 0 Å². The van der Waals surface area contributed by atoms with Crippen molar-refractivity contribution in [3.8, 4) is 0 Å². The number of hydrogen-bond acceptors (Lipinski definition) is 1. The third-order valence-electron chi connectivity index (χ3n) is 4.63. The van der Waals surface area contributed by atoms with Gasteiger partial charge in [-0.25, -0.2) is 0 Å². The summed E-state index contributed by atoms with van der Waals surface area (Å²) in [5.74, 6) is 1.66. The molecule has 0 bridgehead atoms. The summed E-state index contributed by atoms with van der Waals surface area (Å²) in [7, 11) is 0. The average molecular weight is 396 g/mol. The topological polar surface area (TPSA) is 12.0 Å². The molecule has 0 aliphatic rings. The molecule has 170 valence electrons. The highest BCUT2D eigenvalue weighted by atomic mass is 14.9. The minimum atomic E-state index is 0.787. The van der Waals surface area contributed by atoms with Crippen LogP contribution >= 0.6 is 0 Å². The molecule has 28 heavy (non-hydrogen) atoms. The van der Waals surface area contributed by atoms with E-state index in [9.17, 15) is 0 Å². The van der Waals surface area contributed by atoms with Gasteiger partial charge in [0.1, 0.15) is 0 Å². The van der Waals surface area contributed by atoms with Gasteiger partial charge in [0.2, 0.25) is 0 Å². The van der Waals surface area contributed by atoms with E-state index in [0.717, 1.165) is 24.8 Å². The van der Waals surface area contributed by atoms with Crippen LogP contribution in [0.25, 0.3) is 0 Å². The fourth-order valence-electron chi connectivity index (χ4n) is 3.05. The summed E-state index contributed by atoms with van der Waals surface area (Å²) in [6, 6.07) is 0. The van der Waals surface area contributed by atoms with Crippen molar-refractivity contribution in [1.29, 1.82) is 0 Å². The highest BCUT2D eigenvalue weighted by Crippen LogP contribution is 2.20. The molecule has 0 spiro atoms. The van der Waals surface area contributed by atoms with Crippen LogP contribution in [-0.4, -0.2) is 6.54 Å². The smallest absolute Gasteiger partial charge is 0.0115 e. The predicted molar refractivity (Wildman–Crippen MR) is 134 cm³/mol. The second kappa shape index (κ2) is 26.3. The summed E-state index contributed by atoms with van der Waals surface area (Å²) in [4.78, 5) is 0. The molecule has 0 saturated carbocycles. The predicted octanol–water partition coefficient (Wildman–Crippen LogP) is 9.69. The maximum absolute atomic E-state index is 3.99. The first-order chi connectivity index (χ1) is 13.3. The fourth-order valence-corrected chi connectivity index (χ4v) is 3.05. The number of unbranched alkanes of at least 4 members (excludes halogenated alkanes) is 3. The van der Waals surface area contributed by atoms with Crippen LogP contribution in [0, 0.1) is 11.8 Å². The Kier molecular flexibility index (Phi) is 30.0. The number of rotatable bonds is 14. The van der Waals surface area contributed by atoms with Crippen LogP contribution in [0.3, 0.4) is 0 Å². The van der Waals surface area contributed by atoms with Gasteiger partial charge in [0.15, 0.2) is 0 Å². The standard InChI is InChI=1S/C14H29N.C10H20.C3H8/c1-5-14(15-6-2)12-10-8-7-9-11-13(3)4;1-5-7-10(8-6-2)9(3)4;1-3-2/h12-13,15H,5-11H2,1-4H3;10H,3,5-8H2,1-2,4H3;3H2,1-2H3/b14-12+;;. The summed E-state index contributed by atoms with van der Waals surface area (Å²) in [6.07, 6.45) is 16.7. The Hall–Kier alpha value is -0.720. The SMILES string of the molecule is C=C(C)C(CCC)CCC.CCC.CCN/C(=C/CCCCCC(C)C)CC. The largest absolute Gasteiger partial charge is 0.389 e. The van der Waals surface area contributed by atoms with Gasteiger partial charge in [-0.15, -0.1) is 0 Å². The van der Waals surface area contributed by atoms with Gasteiger partial charge in [-0.1, -0.05) is 105 Å². The van der Waals surface area contributed by atoms with Crippen LogP contribution in [0.2, 0.25) is 0 Å². The zero-order valence-corrected chi connectivity index (χ0v) is 21.4. The number of allylic oxidation sites excluding steroid dienone is 3. The van der Waals surface area contributed by atoms with Gasteiger partial charge in [0.05, 0.1) is 0 Å². The van der Waals surface area contributed by atoms with Crippen LogP contribution in [-0.2, 0) is 0 Å². The molecule has 1 nitrogen and oxygen atoms in total. The lowest BCUT2D eigenvalue weighted by atomic mass is 9.92. The molecular formula is C27H57N. The molecule has 0 heterocycles. The van der Waals surface area contributed by atoms with Crippen LogP contribution in [0.15, 0.2) is 23.9 Å². The summed E-state index contributed by atoms with van der Waals surface area (Å²) >= 11 is 0. The Morgan fingerprint density at radius 3 is 1.75 bits per heavy atom. The second-order valence-electron chi connectivity index (χ2n) is 8.47. The number of nitrogens with one attached hydrogen (secondary N) is 1. The summed E-state index contributed by atoms with van der Waals surface area (Å²) in [6.45, 7) is 24.9. The summed E-state index contributed by atoms with van der Waals surface area (Å²) in [5.41, 5.74) is 2.78. The monoisotopic (exact) mass is 395 g/mol. The molecule has 0 unspecified atom stereocenters. The van der Waals surface area contributed by atoms with E-state index in [1.807, 2.05) is 0 Å². The van der Waals surface area contributed by atoms with Crippen molar-refractivity contribution in [3.05, 3.63) is 23.9 Å². The maximum atomic E-state index is 3.99. The quantitative estimate of drug-likeness (QED) is 0.228. The van der Waals surface area contributed by atoms with Crippen molar-refractivity contribution in [1.82, 2.24) is 5.32 Å². The third-order valence-corrected chi connectivity index (χ3v) is 4.63. The normalized spacial score (nSPS) is 10.9.